The maximum atomic E-state index is 3.79. The predicted molar refractivity (Wildman–Crippen MR) is 70.9 cm³/mol. The van der Waals surface area contributed by atoms with Gasteiger partial charge in [-0.05, 0) is 30.8 Å². The van der Waals surface area contributed by atoms with Crippen LogP contribution in [0.3, 0.4) is 0 Å². The molecule has 0 rings (SSSR count). The van der Waals surface area contributed by atoms with E-state index in [1.54, 1.807) is 0 Å². The van der Waals surface area contributed by atoms with Crippen LogP contribution >= 0.6 is 0 Å². The monoisotopic (exact) mass is 206 g/mol. The normalized spacial score (nSPS) is 16.7. The van der Waals surface area contributed by atoms with Gasteiger partial charge in [-0.1, -0.05) is 64.5 Å². The average molecular weight is 206 g/mol. The molecule has 0 aliphatic rings. The third-order valence-corrected chi connectivity index (χ3v) is 2.97. The summed E-state index contributed by atoms with van der Waals surface area (Å²) in [6.45, 7) is 12.8. The Morgan fingerprint density at radius 2 is 2.00 bits per heavy atom. The topological polar surface area (TPSA) is 0 Å². The summed E-state index contributed by atoms with van der Waals surface area (Å²) in [6.07, 6.45) is 12.2. The first-order chi connectivity index (χ1) is 7.21. The molecule has 0 heterocycles. The Labute approximate surface area is 95.8 Å². The molecule has 0 aromatic rings. The molecule has 0 nitrogen and oxygen atoms in total. The van der Waals surface area contributed by atoms with Gasteiger partial charge in [-0.2, -0.15) is 0 Å². The molecule has 0 aromatic carbocycles. The van der Waals surface area contributed by atoms with E-state index < -0.39 is 0 Å². The average Bonchev–Trinajstić information content (AvgIpc) is 2.20. The van der Waals surface area contributed by atoms with Gasteiger partial charge >= 0.3 is 0 Å². The van der Waals surface area contributed by atoms with E-state index in [0.717, 1.165) is 5.92 Å². The van der Waals surface area contributed by atoms with E-state index in [4.69, 9.17) is 0 Å². The molecule has 2 atom stereocenters. The van der Waals surface area contributed by atoms with Crippen molar-refractivity contribution >= 4 is 0 Å². The fourth-order valence-electron chi connectivity index (χ4n) is 2.25. The van der Waals surface area contributed by atoms with Crippen LogP contribution in [0.15, 0.2) is 36.5 Å². The number of hydrogen-bond donors (Lipinski definition) is 0. The first-order valence-electron chi connectivity index (χ1n) is 6.16. The molecule has 0 fully saturated rings. The van der Waals surface area contributed by atoms with Gasteiger partial charge in [-0.15, -0.1) is 0 Å². The molecule has 0 spiro atoms. The molecule has 2 unspecified atom stereocenters. The second kappa shape index (κ2) is 8.52. The quantitative estimate of drug-likeness (QED) is 0.506. The van der Waals surface area contributed by atoms with Crippen LogP contribution in [0.4, 0.5) is 0 Å². The van der Waals surface area contributed by atoms with E-state index >= 15 is 0 Å². The van der Waals surface area contributed by atoms with Crippen molar-refractivity contribution < 1.29 is 0 Å². The first kappa shape index (κ1) is 14.2. The molecule has 0 radical (unpaired) electrons. The lowest BCUT2D eigenvalue weighted by molar-refractivity contribution is 0.376. The minimum Gasteiger partial charge on any atom is -0.0991 e. The maximum absolute atomic E-state index is 3.79. The predicted octanol–water partition coefficient (Wildman–Crippen LogP) is 5.14. The first-order valence-corrected chi connectivity index (χ1v) is 6.16. The van der Waals surface area contributed by atoms with E-state index in [1.807, 2.05) is 6.08 Å². The van der Waals surface area contributed by atoms with Gasteiger partial charge in [0.25, 0.3) is 0 Å². The highest BCUT2D eigenvalue weighted by atomic mass is 14.2. The summed E-state index contributed by atoms with van der Waals surface area (Å²) in [6, 6.07) is 0. The van der Waals surface area contributed by atoms with Crippen molar-refractivity contribution in [1.29, 1.82) is 0 Å². The Morgan fingerprint density at radius 1 is 1.33 bits per heavy atom. The fraction of sp³-hybridized carbons (Fsp3) is 0.600. The molecule has 0 saturated heterocycles. The third kappa shape index (κ3) is 5.01. The SMILES string of the molecule is C=C/C=C(\C=C/C)C(CC)C(C)CCC. The zero-order valence-corrected chi connectivity index (χ0v) is 10.8. The second-order valence-corrected chi connectivity index (χ2v) is 4.18. The lowest BCUT2D eigenvalue weighted by atomic mass is 9.82. The van der Waals surface area contributed by atoms with Gasteiger partial charge in [0, 0.05) is 0 Å². The second-order valence-electron chi connectivity index (χ2n) is 4.18. The number of hydrogen-bond acceptors (Lipinski definition) is 0. The summed E-state index contributed by atoms with van der Waals surface area (Å²) in [5.41, 5.74) is 1.43. The van der Waals surface area contributed by atoms with E-state index in [1.165, 1.54) is 24.8 Å². The lowest BCUT2D eigenvalue weighted by Gasteiger charge is -2.23. The molecule has 0 aliphatic carbocycles. The Balaban J connectivity index is 4.72. The summed E-state index contributed by atoms with van der Waals surface area (Å²) in [4.78, 5) is 0. The van der Waals surface area contributed by atoms with Crippen LogP contribution in [0.2, 0.25) is 0 Å². The fourth-order valence-corrected chi connectivity index (χ4v) is 2.25. The Morgan fingerprint density at radius 3 is 2.40 bits per heavy atom. The smallest absolute Gasteiger partial charge is 0.0139 e. The molecule has 0 saturated carbocycles. The van der Waals surface area contributed by atoms with Gasteiger partial charge in [0.05, 0.1) is 0 Å². The summed E-state index contributed by atoms with van der Waals surface area (Å²) in [5.74, 6) is 1.45. The summed E-state index contributed by atoms with van der Waals surface area (Å²) in [5, 5.41) is 0. The highest BCUT2D eigenvalue weighted by molar-refractivity contribution is 5.25. The molecule has 86 valence electrons. The van der Waals surface area contributed by atoms with Crippen molar-refractivity contribution in [2.45, 2.75) is 47.0 Å². The Bertz CT molecular complexity index is 220. The minimum atomic E-state index is 0.680. The van der Waals surface area contributed by atoms with Gasteiger partial charge in [-0.3, -0.25) is 0 Å². The van der Waals surface area contributed by atoms with Crippen molar-refractivity contribution in [2.24, 2.45) is 11.8 Å². The van der Waals surface area contributed by atoms with E-state index in [2.05, 4.69) is 52.5 Å². The van der Waals surface area contributed by atoms with Crippen molar-refractivity contribution in [1.82, 2.24) is 0 Å². The summed E-state index contributed by atoms with van der Waals surface area (Å²) >= 11 is 0. The third-order valence-electron chi connectivity index (χ3n) is 2.97. The van der Waals surface area contributed by atoms with E-state index in [9.17, 15) is 0 Å². The molecule has 0 bridgehead atoms. The van der Waals surface area contributed by atoms with Crippen LogP contribution in [-0.2, 0) is 0 Å². The summed E-state index contributed by atoms with van der Waals surface area (Å²) < 4.78 is 0. The van der Waals surface area contributed by atoms with E-state index in [-0.39, 0.29) is 0 Å². The van der Waals surface area contributed by atoms with Crippen molar-refractivity contribution in [2.75, 3.05) is 0 Å². The van der Waals surface area contributed by atoms with Gasteiger partial charge in [0.15, 0.2) is 0 Å². The van der Waals surface area contributed by atoms with Crippen LogP contribution in [0.1, 0.15) is 47.0 Å². The number of allylic oxidation sites excluding steroid dienone is 5. The maximum Gasteiger partial charge on any atom is -0.0139 e. The minimum absolute atomic E-state index is 0.680. The standard InChI is InChI=1S/C15H26/c1-6-10-13(5)15(9-4)14(11-7-2)12-8-3/h7-8,11-13,15H,2,6,9-10H2,1,3-5H3/b12-8-,14-11+. The van der Waals surface area contributed by atoms with Gasteiger partial charge in [0.2, 0.25) is 0 Å². The molecule has 0 N–H and O–H groups in total. The number of rotatable bonds is 7. The zero-order chi connectivity index (χ0) is 11.7. The Kier molecular flexibility index (Phi) is 8.08. The molecule has 0 heteroatoms. The van der Waals surface area contributed by atoms with Gasteiger partial charge < -0.3 is 0 Å². The molecule has 15 heavy (non-hydrogen) atoms. The molecule has 0 aromatic heterocycles. The van der Waals surface area contributed by atoms with Crippen LogP contribution in [0.25, 0.3) is 0 Å². The van der Waals surface area contributed by atoms with E-state index in [0.29, 0.717) is 5.92 Å². The Hall–Kier alpha value is -0.780. The summed E-state index contributed by atoms with van der Waals surface area (Å²) in [7, 11) is 0. The highest BCUT2D eigenvalue weighted by Crippen LogP contribution is 2.28. The van der Waals surface area contributed by atoms with Crippen LogP contribution in [-0.4, -0.2) is 0 Å². The molecule has 0 amide bonds. The van der Waals surface area contributed by atoms with Crippen LogP contribution < -0.4 is 0 Å². The van der Waals surface area contributed by atoms with Crippen molar-refractivity contribution in [3.63, 3.8) is 0 Å². The van der Waals surface area contributed by atoms with Crippen LogP contribution in [0.5, 0.6) is 0 Å². The van der Waals surface area contributed by atoms with Crippen LogP contribution in [0, 0.1) is 11.8 Å². The largest absolute Gasteiger partial charge is 0.0991 e. The van der Waals surface area contributed by atoms with Gasteiger partial charge in [0.1, 0.15) is 0 Å². The zero-order valence-electron chi connectivity index (χ0n) is 10.8. The molecular formula is C15H26. The lowest BCUT2D eigenvalue weighted by Crippen LogP contribution is -2.12. The molecule has 0 aliphatic heterocycles. The van der Waals surface area contributed by atoms with Crippen molar-refractivity contribution in [3.05, 3.63) is 36.5 Å². The molecular weight excluding hydrogens is 180 g/mol. The van der Waals surface area contributed by atoms with Crippen molar-refractivity contribution in [3.8, 4) is 0 Å². The highest BCUT2D eigenvalue weighted by Gasteiger charge is 2.16. The van der Waals surface area contributed by atoms with Gasteiger partial charge in [-0.25, -0.2) is 0 Å².